The zero-order valence-corrected chi connectivity index (χ0v) is 11.7. The van der Waals surface area contributed by atoms with E-state index in [-0.39, 0.29) is 17.6 Å². The van der Waals surface area contributed by atoms with Gasteiger partial charge in [0.15, 0.2) is 0 Å². The molecule has 2 N–H and O–H groups in total. The number of carbonyl (C=O) groups is 1. The first kappa shape index (κ1) is 14.3. The summed E-state index contributed by atoms with van der Waals surface area (Å²) in [6, 6.07) is 4.71. The monoisotopic (exact) mass is 277 g/mol. The van der Waals surface area contributed by atoms with Crippen LogP contribution in [0.25, 0.3) is 0 Å². The number of hydrogen-bond acceptors (Lipinski definition) is 4. The van der Waals surface area contributed by atoms with E-state index >= 15 is 0 Å². The number of benzene rings is 1. The van der Waals surface area contributed by atoms with Crippen molar-refractivity contribution in [2.45, 2.75) is 32.7 Å². The lowest BCUT2D eigenvalue weighted by molar-refractivity contribution is -0.384. The summed E-state index contributed by atoms with van der Waals surface area (Å²) in [5, 5.41) is 16.9. The van der Waals surface area contributed by atoms with Gasteiger partial charge in [-0.05, 0) is 31.4 Å². The van der Waals surface area contributed by atoms with Crippen molar-refractivity contribution < 1.29 is 9.72 Å². The quantitative estimate of drug-likeness (QED) is 0.618. The molecule has 2 unspecified atom stereocenters. The third kappa shape index (κ3) is 3.07. The summed E-state index contributed by atoms with van der Waals surface area (Å²) in [7, 11) is 0. The van der Waals surface area contributed by atoms with Crippen LogP contribution < -0.4 is 10.6 Å². The van der Waals surface area contributed by atoms with Gasteiger partial charge in [-0.1, -0.05) is 13.3 Å². The van der Waals surface area contributed by atoms with E-state index in [2.05, 4.69) is 17.6 Å². The number of nitrogens with one attached hydrogen (secondary N) is 2. The molecule has 1 fully saturated rings. The van der Waals surface area contributed by atoms with Crippen molar-refractivity contribution in [3.8, 4) is 0 Å². The van der Waals surface area contributed by atoms with E-state index in [1.54, 1.807) is 6.07 Å². The van der Waals surface area contributed by atoms with Crippen molar-refractivity contribution in [2.75, 3.05) is 11.9 Å². The van der Waals surface area contributed by atoms with E-state index in [1.165, 1.54) is 12.1 Å². The molecule has 0 aliphatic heterocycles. The van der Waals surface area contributed by atoms with Gasteiger partial charge >= 0.3 is 0 Å². The number of carbonyl (C=O) groups excluding carboxylic acids is 1. The van der Waals surface area contributed by atoms with Crippen molar-refractivity contribution in [2.24, 2.45) is 5.92 Å². The van der Waals surface area contributed by atoms with E-state index < -0.39 is 4.92 Å². The first-order valence-corrected chi connectivity index (χ1v) is 6.90. The molecule has 1 saturated carbocycles. The zero-order valence-electron chi connectivity index (χ0n) is 11.7. The maximum Gasteiger partial charge on any atom is 0.292 e. The SMILES string of the molecule is CCNC(=O)c1ccc([N+](=O)[O-])c(NC2CC2CC)c1. The van der Waals surface area contributed by atoms with Crippen LogP contribution in [0.4, 0.5) is 11.4 Å². The molecular formula is C14H19N3O3. The Morgan fingerprint density at radius 1 is 1.45 bits per heavy atom. The van der Waals surface area contributed by atoms with Gasteiger partial charge in [-0.15, -0.1) is 0 Å². The van der Waals surface area contributed by atoms with Crippen LogP contribution in [0.1, 0.15) is 37.0 Å². The Balaban J connectivity index is 2.23. The van der Waals surface area contributed by atoms with Crippen LogP contribution in [0.15, 0.2) is 18.2 Å². The lowest BCUT2D eigenvalue weighted by atomic mass is 10.1. The number of nitro benzene ring substituents is 1. The number of nitro groups is 1. The fourth-order valence-corrected chi connectivity index (χ4v) is 2.29. The molecule has 1 amide bonds. The lowest BCUT2D eigenvalue weighted by Crippen LogP contribution is -2.22. The second-order valence-corrected chi connectivity index (χ2v) is 5.00. The van der Waals surface area contributed by atoms with Crippen molar-refractivity contribution in [3.05, 3.63) is 33.9 Å². The molecule has 6 nitrogen and oxygen atoms in total. The highest BCUT2D eigenvalue weighted by Crippen LogP contribution is 2.38. The highest BCUT2D eigenvalue weighted by molar-refractivity contribution is 5.95. The fraction of sp³-hybridized carbons (Fsp3) is 0.500. The highest BCUT2D eigenvalue weighted by Gasteiger charge is 2.36. The van der Waals surface area contributed by atoms with Gasteiger partial charge in [0.1, 0.15) is 5.69 Å². The molecule has 0 saturated heterocycles. The second-order valence-electron chi connectivity index (χ2n) is 5.00. The van der Waals surface area contributed by atoms with E-state index in [9.17, 15) is 14.9 Å². The Labute approximate surface area is 117 Å². The smallest absolute Gasteiger partial charge is 0.292 e. The highest BCUT2D eigenvalue weighted by atomic mass is 16.6. The lowest BCUT2D eigenvalue weighted by Gasteiger charge is -2.09. The molecule has 0 bridgehead atoms. The summed E-state index contributed by atoms with van der Waals surface area (Å²) >= 11 is 0. The molecule has 0 heterocycles. The fourth-order valence-electron chi connectivity index (χ4n) is 2.29. The Kier molecular flexibility index (Phi) is 4.22. The normalized spacial score (nSPS) is 20.3. The molecule has 2 rings (SSSR count). The average molecular weight is 277 g/mol. The molecule has 6 heteroatoms. The first-order chi connectivity index (χ1) is 9.56. The molecule has 2 atom stereocenters. The van der Waals surface area contributed by atoms with Crippen LogP contribution >= 0.6 is 0 Å². The predicted octanol–water partition coefficient (Wildman–Crippen LogP) is 2.55. The zero-order chi connectivity index (χ0) is 14.7. The Morgan fingerprint density at radius 2 is 2.20 bits per heavy atom. The van der Waals surface area contributed by atoms with Crippen LogP contribution in [0.5, 0.6) is 0 Å². The molecule has 108 valence electrons. The van der Waals surface area contributed by atoms with Gasteiger partial charge in [0.25, 0.3) is 11.6 Å². The number of rotatable bonds is 6. The van der Waals surface area contributed by atoms with Crippen molar-refractivity contribution in [1.82, 2.24) is 5.32 Å². The predicted molar refractivity (Wildman–Crippen MR) is 76.9 cm³/mol. The summed E-state index contributed by atoms with van der Waals surface area (Å²) < 4.78 is 0. The molecule has 0 radical (unpaired) electrons. The Hall–Kier alpha value is -2.11. The summed E-state index contributed by atoms with van der Waals surface area (Å²) in [6.45, 7) is 4.46. The molecule has 1 aromatic carbocycles. The van der Waals surface area contributed by atoms with Gasteiger partial charge in [-0.25, -0.2) is 0 Å². The van der Waals surface area contributed by atoms with Gasteiger partial charge in [-0.2, -0.15) is 0 Å². The maximum atomic E-state index is 11.8. The van der Waals surface area contributed by atoms with Crippen LogP contribution in [0.2, 0.25) is 0 Å². The minimum absolute atomic E-state index is 0.0137. The average Bonchev–Trinajstić information content (AvgIpc) is 3.17. The van der Waals surface area contributed by atoms with Gasteiger partial charge < -0.3 is 10.6 Å². The van der Waals surface area contributed by atoms with Crippen molar-refractivity contribution in [3.63, 3.8) is 0 Å². The summed E-state index contributed by atoms with van der Waals surface area (Å²) in [4.78, 5) is 22.4. The topological polar surface area (TPSA) is 84.3 Å². The molecule has 1 aliphatic rings. The van der Waals surface area contributed by atoms with E-state index in [4.69, 9.17) is 0 Å². The van der Waals surface area contributed by atoms with Gasteiger partial charge in [0.05, 0.1) is 4.92 Å². The summed E-state index contributed by atoms with van der Waals surface area (Å²) in [5.74, 6) is 0.357. The standard InChI is InChI=1S/C14H19N3O3/c1-3-9-7-11(9)16-12-8-10(14(18)15-4-2)5-6-13(12)17(19)20/h5-6,8-9,11,16H,3-4,7H2,1-2H3,(H,15,18). The number of amides is 1. The van der Waals surface area contributed by atoms with Crippen LogP contribution in [-0.2, 0) is 0 Å². The summed E-state index contributed by atoms with van der Waals surface area (Å²) in [6.07, 6.45) is 2.08. The molecule has 0 aromatic heterocycles. The van der Waals surface area contributed by atoms with E-state index in [0.717, 1.165) is 12.8 Å². The summed E-state index contributed by atoms with van der Waals surface area (Å²) in [5.41, 5.74) is 0.883. The van der Waals surface area contributed by atoms with Crippen LogP contribution in [-0.4, -0.2) is 23.4 Å². The third-order valence-corrected chi connectivity index (χ3v) is 3.58. The number of nitrogens with zero attached hydrogens (tertiary/aromatic N) is 1. The first-order valence-electron chi connectivity index (χ1n) is 6.90. The minimum atomic E-state index is -0.423. The largest absolute Gasteiger partial charge is 0.376 e. The van der Waals surface area contributed by atoms with E-state index in [0.29, 0.717) is 23.7 Å². The minimum Gasteiger partial charge on any atom is -0.376 e. The van der Waals surface area contributed by atoms with Crippen molar-refractivity contribution >= 4 is 17.3 Å². The number of hydrogen-bond donors (Lipinski definition) is 2. The number of anilines is 1. The molecule has 1 aliphatic carbocycles. The van der Waals surface area contributed by atoms with E-state index in [1.807, 2.05) is 6.92 Å². The van der Waals surface area contributed by atoms with Gasteiger partial charge in [0.2, 0.25) is 0 Å². The van der Waals surface area contributed by atoms with Crippen molar-refractivity contribution in [1.29, 1.82) is 0 Å². The van der Waals surface area contributed by atoms with Gasteiger partial charge in [-0.3, -0.25) is 14.9 Å². The Morgan fingerprint density at radius 3 is 2.75 bits per heavy atom. The van der Waals surface area contributed by atoms with Gasteiger partial charge in [0, 0.05) is 24.2 Å². The molecule has 0 spiro atoms. The maximum absolute atomic E-state index is 11.8. The molecular weight excluding hydrogens is 258 g/mol. The molecule has 20 heavy (non-hydrogen) atoms. The Bertz CT molecular complexity index is 530. The van der Waals surface area contributed by atoms with Crippen LogP contribution in [0.3, 0.4) is 0 Å². The molecule has 1 aromatic rings. The second kappa shape index (κ2) is 5.90. The third-order valence-electron chi connectivity index (χ3n) is 3.58. The van der Waals surface area contributed by atoms with Crippen LogP contribution in [0, 0.1) is 16.0 Å².